The van der Waals surface area contributed by atoms with Gasteiger partial charge in [0.1, 0.15) is 0 Å². The standard InChI is InChI=1S/C24H20BrNO/c25-24-11-7-18(16-27)14-21(24)10-6-17-4-8-20(9-5-17)22-3-1-2-19-12-13-26-15-23(19)22/h1-5,7-9,11-15,27H,6,10,16H2. The molecule has 27 heavy (non-hydrogen) atoms. The van der Waals surface area contributed by atoms with E-state index in [-0.39, 0.29) is 6.61 Å². The van der Waals surface area contributed by atoms with Gasteiger partial charge in [-0.2, -0.15) is 0 Å². The molecule has 0 aliphatic heterocycles. The van der Waals surface area contributed by atoms with Gasteiger partial charge < -0.3 is 5.11 Å². The zero-order chi connectivity index (χ0) is 18.6. The molecule has 134 valence electrons. The summed E-state index contributed by atoms with van der Waals surface area (Å²) in [6, 6.07) is 23.2. The van der Waals surface area contributed by atoms with Crippen molar-refractivity contribution in [2.75, 3.05) is 0 Å². The molecule has 0 fully saturated rings. The van der Waals surface area contributed by atoms with Crippen LogP contribution in [-0.4, -0.2) is 10.1 Å². The first-order chi connectivity index (χ1) is 13.2. The quantitative estimate of drug-likeness (QED) is 0.435. The SMILES string of the molecule is OCc1ccc(Br)c(CCc2ccc(-c3cccc4ccncc34)cc2)c1. The second kappa shape index (κ2) is 8.03. The molecule has 0 aliphatic carbocycles. The number of hydrogen-bond donors (Lipinski definition) is 1. The van der Waals surface area contributed by atoms with E-state index in [1.165, 1.54) is 33.0 Å². The minimum atomic E-state index is 0.0782. The maximum atomic E-state index is 9.33. The predicted octanol–water partition coefficient (Wildman–Crippen LogP) is 5.94. The molecule has 0 amide bonds. The van der Waals surface area contributed by atoms with Crippen LogP contribution < -0.4 is 0 Å². The Morgan fingerprint density at radius 1 is 0.852 bits per heavy atom. The van der Waals surface area contributed by atoms with Gasteiger partial charge in [0.2, 0.25) is 0 Å². The zero-order valence-corrected chi connectivity index (χ0v) is 16.5. The summed E-state index contributed by atoms with van der Waals surface area (Å²) >= 11 is 3.61. The second-order valence-electron chi connectivity index (χ2n) is 6.68. The number of aryl methyl sites for hydroxylation is 2. The van der Waals surface area contributed by atoms with E-state index in [0.29, 0.717) is 0 Å². The first kappa shape index (κ1) is 17.9. The summed E-state index contributed by atoms with van der Waals surface area (Å²) in [7, 11) is 0. The van der Waals surface area contributed by atoms with Crippen LogP contribution in [0.5, 0.6) is 0 Å². The summed E-state index contributed by atoms with van der Waals surface area (Å²) in [5, 5.41) is 11.7. The molecule has 0 saturated carbocycles. The van der Waals surface area contributed by atoms with Crippen molar-refractivity contribution >= 4 is 26.7 Å². The Balaban J connectivity index is 1.54. The van der Waals surface area contributed by atoms with E-state index in [0.717, 1.165) is 22.9 Å². The molecule has 0 bridgehead atoms. The van der Waals surface area contributed by atoms with Gasteiger partial charge in [-0.3, -0.25) is 4.98 Å². The summed E-state index contributed by atoms with van der Waals surface area (Å²) in [5.41, 5.74) is 5.91. The van der Waals surface area contributed by atoms with Crippen molar-refractivity contribution in [2.24, 2.45) is 0 Å². The average Bonchev–Trinajstić information content (AvgIpc) is 2.73. The van der Waals surface area contributed by atoms with Crippen molar-refractivity contribution in [3.05, 3.63) is 100 Å². The lowest BCUT2D eigenvalue weighted by Crippen LogP contribution is -1.95. The fourth-order valence-electron chi connectivity index (χ4n) is 3.41. The van der Waals surface area contributed by atoms with Gasteiger partial charge in [0.25, 0.3) is 0 Å². The lowest BCUT2D eigenvalue weighted by molar-refractivity contribution is 0.281. The molecule has 0 aliphatic rings. The largest absolute Gasteiger partial charge is 0.392 e. The molecule has 1 heterocycles. The molecule has 0 atom stereocenters. The highest BCUT2D eigenvalue weighted by molar-refractivity contribution is 9.10. The van der Waals surface area contributed by atoms with E-state index in [9.17, 15) is 5.11 Å². The molecular weight excluding hydrogens is 398 g/mol. The number of aliphatic hydroxyl groups is 1. The van der Waals surface area contributed by atoms with Crippen molar-refractivity contribution < 1.29 is 5.11 Å². The van der Waals surface area contributed by atoms with Gasteiger partial charge in [-0.1, -0.05) is 70.5 Å². The third-order valence-electron chi connectivity index (χ3n) is 4.92. The number of fused-ring (bicyclic) bond motifs is 1. The molecule has 1 N–H and O–H groups in total. The lowest BCUT2D eigenvalue weighted by atomic mass is 9.97. The number of aliphatic hydroxyl groups excluding tert-OH is 1. The fraction of sp³-hybridized carbons (Fsp3) is 0.125. The van der Waals surface area contributed by atoms with Crippen LogP contribution in [-0.2, 0) is 19.4 Å². The highest BCUT2D eigenvalue weighted by Crippen LogP contribution is 2.28. The zero-order valence-electron chi connectivity index (χ0n) is 14.9. The van der Waals surface area contributed by atoms with Crippen LogP contribution in [0.15, 0.2) is 83.6 Å². The van der Waals surface area contributed by atoms with Gasteiger partial charge >= 0.3 is 0 Å². The number of hydrogen-bond acceptors (Lipinski definition) is 2. The molecule has 0 spiro atoms. The van der Waals surface area contributed by atoms with Crippen LogP contribution in [0.1, 0.15) is 16.7 Å². The summed E-state index contributed by atoms with van der Waals surface area (Å²) < 4.78 is 1.10. The number of halogens is 1. The van der Waals surface area contributed by atoms with E-state index < -0.39 is 0 Å². The van der Waals surface area contributed by atoms with Crippen LogP contribution in [0, 0.1) is 0 Å². The minimum Gasteiger partial charge on any atom is -0.392 e. The molecule has 4 aromatic rings. The molecular formula is C24H20BrNO. The highest BCUT2D eigenvalue weighted by Gasteiger charge is 2.06. The molecule has 0 unspecified atom stereocenters. The Hall–Kier alpha value is -2.49. The average molecular weight is 418 g/mol. The highest BCUT2D eigenvalue weighted by atomic mass is 79.9. The molecule has 4 rings (SSSR count). The number of pyridine rings is 1. The van der Waals surface area contributed by atoms with E-state index in [1.807, 2.05) is 30.6 Å². The minimum absolute atomic E-state index is 0.0782. The Bertz CT molecular complexity index is 1070. The Labute approximate surface area is 167 Å². The molecule has 0 saturated heterocycles. The smallest absolute Gasteiger partial charge is 0.0681 e. The summed E-state index contributed by atoms with van der Waals surface area (Å²) in [6.45, 7) is 0.0782. The molecule has 1 aromatic heterocycles. The molecule has 3 aromatic carbocycles. The van der Waals surface area contributed by atoms with Gasteiger partial charge in [0.15, 0.2) is 0 Å². The summed E-state index contributed by atoms with van der Waals surface area (Å²) in [4.78, 5) is 4.28. The van der Waals surface area contributed by atoms with E-state index in [2.05, 4.69) is 69.4 Å². The van der Waals surface area contributed by atoms with E-state index >= 15 is 0 Å². The van der Waals surface area contributed by atoms with Gasteiger partial charge in [0.05, 0.1) is 6.61 Å². The third-order valence-corrected chi connectivity index (χ3v) is 5.70. The van der Waals surface area contributed by atoms with Crippen LogP contribution in [0.3, 0.4) is 0 Å². The Morgan fingerprint density at radius 3 is 2.48 bits per heavy atom. The number of rotatable bonds is 5. The van der Waals surface area contributed by atoms with Crippen LogP contribution in [0.25, 0.3) is 21.9 Å². The second-order valence-corrected chi connectivity index (χ2v) is 7.54. The lowest BCUT2D eigenvalue weighted by Gasteiger charge is -2.09. The van der Waals surface area contributed by atoms with Gasteiger partial charge in [-0.15, -0.1) is 0 Å². The number of aromatic nitrogens is 1. The van der Waals surface area contributed by atoms with Gasteiger partial charge in [-0.05, 0) is 58.2 Å². The van der Waals surface area contributed by atoms with Crippen molar-refractivity contribution in [1.29, 1.82) is 0 Å². The number of benzene rings is 3. The summed E-state index contributed by atoms with van der Waals surface area (Å²) in [6.07, 6.45) is 5.67. The normalized spacial score (nSPS) is 11.0. The first-order valence-corrected chi connectivity index (χ1v) is 9.84. The summed E-state index contributed by atoms with van der Waals surface area (Å²) in [5.74, 6) is 0. The maximum Gasteiger partial charge on any atom is 0.0681 e. The van der Waals surface area contributed by atoms with Crippen molar-refractivity contribution in [3.63, 3.8) is 0 Å². The van der Waals surface area contributed by atoms with Crippen molar-refractivity contribution in [3.8, 4) is 11.1 Å². The molecule has 2 nitrogen and oxygen atoms in total. The molecule has 0 radical (unpaired) electrons. The van der Waals surface area contributed by atoms with Gasteiger partial charge in [0, 0.05) is 22.3 Å². The Morgan fingerprint density at radius 2 is 1.67 bits per heavy atom. The van der Waals surface area contributed by atoms with Crippen molar-refractivity contribution in [1.82, 2.24) is 4.98 Å². The van der Waals surface area contributed by atoms with Crippen LogP contribution >= 0.6 is 15.9 Å². The van der Waals surface area contributed by atoms with E-state index in [4.69, 9.17) is 0 Å². The third kappa shape index (κ3) is 3.95. The fourth-order valence-corrected chi connectivity index (χ4v) is 3.86. The monoisotopic (exact) mass is 417 g/mol. The van der Waals surface area contributed by atoms with Crippen molar-refractivity contribution in [2.45, 2.75) is 19.4 Å². The van der Waals surface area contributed by atoms with E-state index in [1.54, 1.807) is 0 Å². The maximum absolute atomic E-state index is 9.33. The van der Waals surface area contributed by atoms with Crippen LogP contribution in [0.4, 0.5) is 0 Å². The predicted molar refractivity (Wildman–Crippen MR) is 115 cm³/mol. The Kier molecular flexibility index (Phi) is 5.33. The van der Waals surface area contributed by atoms with Crippen LogP contribution in [0.2, 0.25) is 0 Å². The molecule has 3 heteroatoms. The first-order valence-electron chi connectivity index (χ1n) is 9.05. The topological polar surface area (TPSA) is 33.1 Å². The van der Waals surface area contributed by atoms with Gasteiger partial charge in [-0.25, -0.2) is 0 Å². The number of nitrogens with zero attached hydrogens (tertiary/aromatic N) is 1.